The third kappa shape index (κ3) is 3.92. The van der Waals surface area contributed by atoms with Crippen molar-refractivity contribution in [1.82, 2.24) is 8.96 Å². The lowest BCUT2D eigenvalue weighted by Crippen LogP contribution is -2.15. The van der Waals surface area contributed by atoms with Crippen LogP contribution in [0.25, 0.3) is 17.3 Å². The SMILES string of the molecule is O=Cc1cc(-c2ccccc2)n(S(=O)(=O)CC=Cc2cccnc2)c1. The molecule has 0 spiro atoms. The normalized spacial score (nSPS) is 11.7. The highest BCUT2D eigenvalue weighted by Crippen LogP contribution is 2.24. The third-order valence-corrected chi connectivity index (χ3v) is 5.13. The van der Waals surface area contributed by atoms with Crippen molar-refractivity contribution in [1.29, 1.82) is 0 Å². The van der Waals surface area contributed by atoms with Crippen molar-refractivity contribution in [3.05, 3.63) is 84.3 Å². The first-order valence-corrected chi connectivity index (χ1v) is 9.24. The zero-order chi connectivity index (χ0) is 17.7. The Morgan fingerprint density at radius 1 is 1.04 bits per heavy atom. The average molecular weight is 352 g/mol. The Morgan fingerprint density at radius 3 is 2.52 bits per heavy atom. The molecule has 0 unspecified atom stereocenters. The fourth-order valence-electron chi connectivity index (χ4n) is 2.44. The van der Waals surface area contributed by atoms with Crippen LogP contribution in [0.3, 0.4) is 0 Å². The molecule has 0 saturated carbocycles. The molecule has 2 aromatic heterocycles. The molecule has 0 saturated heterocycles. The number of rotatable bonds is 6. The summed E-state index contributed by atoms with van der Waals surface area (Å²) in [4.78, 5) is 15.1. The average Bonchev–Trinajstić information content (AvgIpc) is 3.09. The maximum absolute atomic E-state index is 12.7. The highest BCUT2D eigenvalue weighted by atomic mass is 32.2. The Bertz CT molecular complexity index is 992. The van der Waals surface area contributed by atoms with Gasteiger partial charge in [-0.15, -0.1) is 0 Å². The number of aldehydes is 1. The van der Waals surface area contributed by atoms with E-state index in [1.165, 1.54) is 10.2 Å². The van der Waals surface area contributed by atoms with Crippen molar-refractivity contribution < 1.29 is 13.2 Å². The predicted molar refractivity (Wildman–Crippen MR) is 97.7 cm³/mol. The summed E-state index contributed by atoms with van der Waals surface area (Å²) in [6.45, 7) is 0. The van der Waals surface area contributed by atoms with E-state index in [1.807, 2.05) is 24.3 Å². The summed E-state index contributed by atoms with van der Waals surface area (Å²) in [5.74, 6) is -0.186. The maximum atomic E-state index is 12.7. The van der Waals surface area contributed by atoms with Crippen molar-refractivity contribution in [2.24, 2.45) is 0 Å². The van der Waals surface area contributed by atoms with E-state index < -0.39 is 10.0 Å². The first-order valence-electron chi connectivity index (χ1n) is 7.63. The van der Waals surface area contributed by atoms with Gasteiger partial charge in [0.15, 0.2) is 6.29 Å². The minimum Gasteiger partial charge on any atom is -0.298 e. The fourth-order valence-corrected chi connectivity index (χ4v) is 3.68. The summed E-state index contributed by atoms with van der Waals surface area (Å²) < 4.78 is 26.6. The largest absolute Gasteiger partial charge is 0.298 e. The lowest BCUT2D eigenvalue weighted by atomic mass is 10.1. The summed E-state index contributed by atoms with van der Waals surface area (Å²) in [6, 6.07) is 14.3. The minimum atomic E-state index is -3.65. The number of nitrogens with zero attached hydrogens (tertiary/aromatic N) is 2. The van der Waals surface area contributed by atoms with Crippen LogP contribution in [0, 0.1) is 0 Å². The molecular weight excluding hydrogens is 336 g/mol. The van der Waals surface area contributed by atoms with E-state index >= 15 is 0 Å². The van der Waals surface area contributed by atoms with Gasteiger partial charge in [-0.2, -0.15) is 0 Å². The summed E-state index contributed by atoms with van der Waals surface area (Å²) in [5.41, 5.74) is 2.34. The van der Waals surface area contributed by atoms with Gasteiger partial charge >= 0.3 is 0 Å². The van der Waals surface area contributed by atoms with E-state index in [0.29, 0.717) is 17.5 Å². The summed E-state index contributed by atoms with van der Waals surface area (Å²) in [6.07, 6.45) is 8.57. The number of aromatic nitrogens is 2. The molecule has 0 bridgehead atoms. The molecule has 2 heterocycles. The second-order valence-electron chi connectivity index (χ2n) is 5.41. The summed E-state index contributed by atoms with van der Waals surface area (Å²) in [7, 11) is -3.65. The quantitative estimate of drug-likeness (QED) is 0.639. The molecule has 126 valence electrons. The van der Waals surface area contributed by atoms with Crippen LogP contribution in [-0.4, -0.2) is 29.4 Å². The molecule has 6 heteroatoms. The third-order valence-electron chi connectivity index (χ3n) is 3.61. The van der Waals surface area contributed by atoms with Gasteiger partial charge < -0.3 is 0 Å². The van der Waals surface area contributed by atoms with E-state index in [-0.39, 0.29) is 5.75 Å². The lowest BCUT2D eigenvalue weighted by molar-refractivity contribution is 0.112. The molecule has 3 aromatic rings. The van der Waals surface area contributed by atoms with Gasteiger partial charge in [-0.05, 0) is 23.3 Å². The van der Waals surface area contributed by atoms with Crippen LogP contribution in [-0.2, 0) is 10.0 Å². The highest BCUT2D eigenvalue weighted by molar-refractivity contribution is 7.90. The predicted octanol–water partition coefficient (Wildman–Crippen LogP) is 3.25. The van der Waals surface area contributed by atoms with Gasteiger partial charge in [-0.1, -0.05) is 48.6 Å². The Labute approximate surface area is 146 Å². The number of benzene rings is 1. The maximum Gasteiger partial charge on any atom is 0.242 e. The molecule has 0 radical (unpaired) electrons. The monoisotopic (exact) mass is 352 g/mol. The number of carbonyl (C=O) groups is 1. The molecule has 3 rings (SSSR count). The minimum absolute atomic E-state index is 0.186. The molecule has 0 amide bonds. The van der Waals surface area contributed by atoms with Gasteiger partial charge in [0.2, 0.25) is 10.0 Å². The van der Waals surface area contributed by atoms with Crippen molar-refractivity contribution >= 4 is 22.4 Å². The molecule has 0 fully saturated rings. The van der Waals surface area contributed by atoms with Gasteiger partial charge in [-0.25, -0.2) is 12.4 Å². The molecule has 0 N–H and O–H groups in total. The Kier molecular flexibility index (Phi) is 4.90. The van der Waals surface area contributed by atoms with Crippen molar-refractivity contribution in [3.63, 3.8) is 0 Å². The molecule has 0 aliphatic carbocycles. The second-order valence-corrected chi connectivity index (χ2v) is 7.30. The molecule has 25 heavy (non-hydrogen) atoms. The van der Waals surface area contributed by atoms with Gasteiger partial charge in [0.05, 0.1) is 11.4 Å². The number of carbonyl (C=O) groups excluding carboxylic acids is 1. The van der Waals surface area contributed by atoms with Gasteiger partial charge in [0.25, 0.3) is 0 Å². The van der Waals surface area contributed by atoms with Gasteiger partial charge in [0.1, 0.15) is 0 Å². The van der Waals surface area contributed by atoms with Gasteiger partial charge in [-0.3, -0.25) is 9.78 Å². The van der Waals surface area contributed by atoms with E-state index in [2.05, 4.69) is 4.98 Å². The fraction of sp³-hybridized carbons (Fsp3) is 0.0526. The van der Waals surface area contributed by atoms with Crippen LogP contribution in [0.4, 0.5) is 0 Å². The van der Waals surface area contributed by atoms with Crippen LogP contribution in [0.15, 0.2) is 73.2 Å². The van der Waals surface area contributed by atoms with Gasteiger partial charge in [0, 0.05) is 24.2 Å². The molecule has 0 atom stereocenters. The Morgan fingerprint density at radius 2 is 1.84 bits per heavy atom. The van der Waals surface area contributed by atoms with Crippen LogP contribution < -0.4 is 0 Å². The van der Waals surface area contributed by atoms with Crippen LogP contribution >= 0.6 is 0 Å². The van der Waals surface area contributed by atoms with Crippen molar-refractivity contribution in [2.75, 3.05) is 5.75 Å². The molecule has 0 aliphatic heterocycles. The van der Waals surface area contributed by atoms with Crippen molar-refractivity contribution in [3.8, 4) is 11.3 Å². The zero-order valence-electron chi connectivity index (χ0n) is 13.3. The van der Waals surface area contributed by atoms with Crippen LogP contribution in [0.1, 0.15) is 15.9 Å². The summed E-state index contributed by atoms with van der Waals surface area (Å²) in [5, 5.41) is 0. The lowest BCUT2D eigenvalue weighted by Gasteiger charge is -2.09. The molecule has 0 aliphatic rings. The van der Waals surface area contributed by atoms with E-state index in [1.54, 1.807) is 48.8 Å². The highest BCUT2D eigenvalue weighted by Gasteiger charge is 2.18. The molecular formula is C19H16N2O3S. The van der Waals surface area contributed by atoms with E-state index in [9.17, 15) is 13.2 Å². The molecule has 1 aromatic carbocycles. The number of hydrogen-bond donors (Lipinski definition) is 0. The first-order chi connectivity index (χ1) is 12.1. The standard InChI is InChI=1S/C19H16N2O3S/c22-15-17-12-19(18-8-2-1-3-9-18)21(14-17)25(23,24)11-5-7-16-6-4-10-20-13-16/h1-10,12-15H,11H2. The smallest absolute Gasteiger partial charge is 0.242 e. The Balaban J connectivity index is 1.93. The summed E-state index contributed by atoms with van der Waals surface area (Å²) >= 11 is 0. The topological polar surface area (TPSA) is 69.0 Å². The van der Waals surface area contributed by atoms with Crippen molar-refractivity contribution in [2.45, 2.75) is 0 Å². The van der Waals surface area contributed by atoms with Crippen LogP contribution in [0.2, 0.25) is 0 Å². The van der Waals surface area contributed by atoms with E-state index in [0.717, 1.165) is 11.1 Å². The zero-order valence-corrected chi connectivity index (χ0v) is 14.1. The number of hydrogen-bond acceptors (Lipinski definition) is 4. The second kappa shape index (κ2) is 7.27. The van der Waals surface area contributed by atoms with E-state index in [4.69, 9.17) is 0 Å². The Hall–Kier alpha value is -2.99. The number of pyridine rings is 1. The molecule has 5 nitrogen and oxygen atoms in total. The first kappa shape index (κ1) is 16.9. The van der Waals surface area contributed by atoms with Crippen LogP contribution in [0.5, 0.6) is 0 Å².